The molecule has 1 aromatic heterocycles. The Morgan fingerprint density at radius 2 is 1.83 bits per heavy atom. The first kappa shape index (κ1) is 15.7. The summed E-state index contributed by atoms with van der Waals surface area (Å²) in [4.78, 5) is 19.3. The Morgan fingerprint density at radius 1 is 1.09 bits per heavy atom. The van der Waals surface area contributed by atoms with Crippen molar-refractivity contribution in [3.63, 3.8) is 0 Å². The maximum absolute atomic E-state index is 13.2. The topological polar surface area (TPSA) is 33.2 Å². The molecule has 0 N–H and O–H groups in total. The van der Waals surface area contributed by atoms with Crippen molar-refractivity contribution >= 4 is 5.91 Å². The van der Waals surface area contributed by atoms with E-state index in [1.54, 1.807) is 18.3 Å². The Morgan fingerprint density at radius 3 is 2.48 bits per heavy atom. The van der Waals surface area contributed by atoms with Gasteiger partial charge in [0, 0.05) is 31.4 Å². The molecule has 120 valence electrons. The number of benzene rings is 1. The summed E-state index contributed by atoms with van der Waals surface area (Å²) in [6.45, 7) is 1.64. The van der Waals surface area contributed by atoms with Crippen LogP contribution in [0.25, 0.3) is 0 Å². The van der Waals surface area contributed by atoms with Crippen molar-refractivity contribution in [2.75, 3.05) is 13.1 Å². The first-order chi connectivity index (χ1) is 11.2. The zero-order chi connectivity index (χ0) is 16.1. The Kier molecular flexibility index (Phi) is 5.01. The van der Waals surface area contributed by atoms with Gasteiger partial charge in [-0.15, -0.1) is 0 Å². The molecule has 4 heteroatoms. The van der Waals surface area contributed by atoms with Crippen LogP contribution in [0.1, 0.15) is 36.4 Å². The summed E-state index contributed by atoms with van der Waals surface area (Å²) in [7, 11) is 0. The van der Waals surface area contributed by atoms with Gasteiger partial charge in [-0.3, -0.25) is 9.78 Å². The molecule has 0 radical (unpaired) electrons. The molecule has 0 spiro atoms. The fourth-order valence-corrected chi connectivity index (χ4v) is 3.11. The summed E-state index contributed by atoms with van der Waals surface area (Å²) >= 11 is 0. The van der Waals surface area contributed by atoms with Crippen LogP contribution < -0.4 is 0 Å². The molecule has 1 saturated heterocycles. The number of hydrogen-bond donors (Lipinski definition) is 0. The molecule has 1 fully saturated rings. The predicted molar refractivity (Wildman–Crippen MR) is 87.5 cm³/mol. The van der Waals surface area contributed by atoms with Crippen molar-refractivity contribution in [3.05, 3.63) is 65.7 Å². The van der Waals surface area contributed by atoms with Crippen LogP contribution in [0, 0.1) is 5.82 Å². The van der Waals surface area contributed by atoms with Crippen LogP contribution in [0.15, 0.2) is 48.7 Å². The smallest absolute Gasteiger partial charge is 0.230 e. The second-order valence-electron chi connectivity index (χ2n) is 6.02. The van der Waals surface area contributed by atoms with E-state index in [2.05, 4.69) is 4.98 Å². The van der Waals surface area contributed by atoms with Gasteiger partial charge in [0.2, 0.25) is 5.91 Å². The van der Waals surface area contributed by atoms with Gasteiger partial charge in [-0.25, -0.2) is 4.39 Å². The molecule has 2 heterocycles. The fraction of sp³-hybridized carbons (Fsp3) is 0.368. The highest BCUT2D eigenvalue weighted by Gasteiger charge is 2.27. The highest BCUT2D eigenvalue weighted by atomic mass is 19.1. The van der Waals surface area contributed by atoms with Crippen molar-refractivity contribution in [3.8, 4) is 0 Å². The third-order valence-electron chi connectivity index (χ3n) is 4.38. The number of piperidine rings is 1. The van der Waals surface area contributed by atoms with Gasteiger partial charge in [0.05, 0.1) is 5.92 Å². The van der Waals surface area contributed by atoms with Crippen molar-refractivity contribution in [1.29, 1.82) is 0 Å². The van der Waals surface area contributed by atoms with E-state index in [0.717, 1.165) is 37.2 Å². The quantitative estimate of drug-likeness (QED) is 0.865. The van der Waals surface area contributed by atoms with E-state index in [1.165, 1.54) is 18.6 Å². The lowest BCUT2D eigenvalue weighted by atomic mass is 9.91. The number of nitrogens with zero attached hydrogens (tertiary/aromatic N) is 2. The molecule has 1 aliphatic rings. The molecular formula is C19H21FN2O. The Labute approximate surface area is 136 Å². The van der Waals surface area contributed by atoms with Gasteiger partial charge in [0.1, 0.15) is 5.82 Å². The first-order valence-electron chi connectivity index (χ1n) is 8.18. The molecule has 2 aromatic rings. The summed E-state index contributed by atoms with van der Waals surface area (Å²) in [6.07, 6.45) is 5.59. The SMILES string of the molecule is O=C(C(Cc1ccccn1)c1ccc(F)cc1)N1CCCCC1. The fourth-order valence-electron chi connectivity index (χ4n) is 3.11. The average Bonchev–Trinajstić information content (AvgIpc) is 2.62. The second kappa shape index (κ2) is 7.36. The molecule has 3 nitrogen and oxygen atoms in total. The lowest BCUT2D eigenvalue weighted by Crippen LogP contribution is -2.39. The monoisotopic (exact) mass is 312 g/mol. The summed E-state index contributed by atoms with van der Waals surface area (Å²) in [5.41, 5.74) is 1.74. The highest BCUT2D eigenvalue weighted by molar-refractivity contribution is 5.84. The minimum Gasteiger partial charge on any atom is -0.342 e. The molecule has 0 bridgehead atoms. The normalized spacial score (nSPS) is 16.1. The molecule has 0 aliphatic carbocycles. The van der Waals surface area contributed by atoms with Crippen LogP contribution in [0.5, 0.6) is 0 Å². The van der Waals surface area contributed by atoms with Gasteiger partial charge < -0.3 is 4.90 Å². The zero-order valence-corrected chi connectivity index (χ0v) is 13.1. The Hall–Kier alpha value is -2.23. The third kappa shape index (κ3) is 3.95. The number of carbonyl (C=O) groups excluding carboxylic acids is 1. The van der Waals surface area contributed by atoms with E-state index in [9.17, 15) is 9.18 Å². The number of pyridine rings is 1. The molecule has 1 atom stereocenters. The van der Waals surface area contributed by atoms with Gasteiger partial charge in [0.25, 0.3) is 0 Å². The van der Waals surface area contributed by atoms with E-state index in [0.29, 0.717) is 6.42 Å². The molecule has 23 heavy (non-hydrogen) atoms. The molecule has 1 unspecified atom stereocenters. The van der Waals surface area contributed by atoms with Crippen LogP contribution in [-0.2, 0) is 11.2 Å². The first-order valence-corrected chi connectivity index (χ1v) is 8.18. The largest absolute Gasteiger partial charge is 0.342 e. The molecular weight excluding hydrogens is 291 g/mol. The van der Waals surface area contributed by atoms with Gasteiger partial charge >= 0.3 is 0 Å². The molecule has 0 saturated carbocycles. The third-order valence-corrected chi connectivity index (χ3v) is 4.38. The van der Waals surface area contributed by atoms with Crippen LogP contribution >= 0.6 is 0 Å². The number of carbonyl (C=O) groups is 1. The van der Waals surface area contributed by atoms with Gasteiger partial charge in [-0.1, -0.05) is 18.2 Å². The minimum atomic E-state index is -0.302. The summed E-state index contributed by atoms with van der Waals surface area (Å²) < 4.78 is 13.2. The summed E-state index contributed by atoms with van der Waals surface area (Å²) in [5, 5.41) is 0. The number of amides is 1. The van der Waals surface area contributed by atoms with E-state index < -0.39 is 0 Å². The predicted octanol–water partition coefficient (Wildman–Crippen LogP) is 3.56. The number of rotatable bonds is 4. The van der Waals surface area contributed by atoms with E-state index in [-0.39, 0.29) is 17.6 Å². The highest BCUT2D eigenvalue weighted by Crippen LogP contribution is 2.25. The van der Waals surface area contributed by atoms with E-state index >= 15 is 0 Å². The Bertz CT molecular complexity index is 636. The van der Waals surface area contributed by atoms with Crippen LogP contribution in [0.4, 0.5) is 4.39 Å². The summed E-state index contributed by atoms with van der Waals surface area (Å²) in [5.74, 6) is -0.457. The van der Waals surface area contributed by atoms with E-state index in [4.69, 9.17) is 0 Å². The second-order valence-corrected chi connectivity index (χ2v) is 6.02. The lowest BCUT2D eigenvalue weighted by molar-refractivity contribution is -0.133. The van der Waals surface area contributed by atoms with Gasteiger partial charge in [-0.05, 0) is 49.1 Å². The van der Waals surface area contributed by atoms with Crippen LogP contribution in [0.2, 0.25) is 0 Å². The average molecular weight is 312 g/mol. The van der Waals surface area contributed by atoms with Crippen molar-refractivity contribution in [2.45, 2.75) is 31.6 Å². The Balaban J connectivity index is 1.85. The standard InChI is InChI=1S/C19H21FN2O/c20-16-9-7-15(8-10-16)18(14-17-6-2-3-11-21-17)19(23)22-12-4-1-5-13-22/h2-3,6-11,18H,1,4-5,12-14H2. The van der Waals surface area contributed by atoms with Gasteiger partial charge in [0.15, 0.2) is 0 Å². The van der Waals surface area contributed by atoms with Gasteiger partial charge in [-0.2, -0.15) is 0 Å². The number of hydrogen-bond acceptors (Lipinski definition) is 2. The maximum Gasteiger partial charge on any atom is 0.230 e. The molecule has 1 amide bonds. The zero-order valence-electron chi connectivity index (χ0n) is 13.1. The maximum atomic E-state index is 13.2. The van der Waals surface area contributed by atoms with Crippen molar-refractivity contribution in [2.24, 2.45) is 0 Å². The van der Waals surface area contributed by atoms with Crippen LogP contribution in [-0.4, -0.2) is 28.9 Å². The van der Waals surface area contributed by atoms with Crippen molar-refractivity contribution < 1.29 is 9.18 Å². The van der Waals surface area contributed by atoms with Crippen molar-refractivity contribution in [1.82, 2.24) is 9.88 Å². The molecule has 3 rings (SSSR count). The number of likely N-dealkylation sites (tertiary alicyclic amines) is 1. The molecule has 1 aliphatic heterocycles. The number of halogens is 1. The summed E-state index contributed by atoms with van der Waals surface area (Å²) in [6, 6.07) is 12.0. The van der Waals surface area contributed by atoms with E-state index in [1.807, 2.05) is 23.1 Å². The molecule has 1 aromatic carbocycles. The number of aromatic nitrogens is 1. The minimum absolute atomic E-state index is 0.127. The van der Waals surface area contributed by atoms with Crippen LogP contribution in [0.3, 0.4) is 0 Å². The lowest BCUT2D eigenvalue weighted by Gasteiger charge is -2.30.